The summed E-state index contributed by atoms with van der Waals surface area (Å²) in [6.07, 6.45) is 12.1. The molecule has 0 heterocycles. The summed E-state index contributed by atoms with van der Waals surface area (Å²) in [6, 6.07) is 7.55. The predicted molar refractivity (Wildman–Crippen MR) is 127 cm³/mol. The Bertz CT molecular complexity index is 662. The lowest BCUT2D eigenvalue weighted by molar-refractivity contribution is -0.0540. The highest BCUT2D eigenvalue weighted by Crippen LogP contribution is 2.17. The third kappa shape index (κ3) is 10.6. The van der Waals surface area contributed by atoms with E-state index >= 15 is 0 Å². The zero-order valence-electron chi connectivity index (χ0n) is 18.9. The van der Waals surface area contributed by atoms with Crippen molar-refractivity contribution >= 4 is 17.5 Å². The van der Waals surface area contributed by atoms with Crippen LogP contribution in [0.1, 0.15) is 33.6 Å². The lowest BCUT2D eigenvalue weighted by atomic mass is 10.2. The molecule has 1 aromatic carbocycles. The molecule has 0 saturated carbocycles. The number of ether oxygens (including phenoxy) is 1. The third-order valence-electron chi connectivity index (χ3n) is 4.68. The van der Waals surface area contributed by atoms with E-state index in [9.17, 15) is 0 Å². The van der Waals surface area contributed by atoms with E-state index in [-0.39, 0.29) is 6.10 Å². The summed E-state index contributed by atoms with van der Waals surface area (Å²) >= 11 is 5.58. The summed E-state index contributed by atoms with van der Waals surface area (Å²) < 4.78 is 5.51. The number of hydrogen-bond donors (Lipinski definition) is 2. The minimum atomic E-state index is 0.0500. The molecule has 1 rings (SSSR count). The van der Waals surface area contributed by atoms with Gasteiger partial charge >= 0.3 is 0 Å². The van der Waals surface area contributed by atoms with E-state index in [1.54, 1.807) is 7.11 Å². The molecule has 0 aliphatic heterocycles. The largest absolute Gasteiger partial charge is 0.406 e. The number of rotatable bonds is 15. The van der Waals surface area contributed by atoms with Crippen LogP contribution in [0.15, 0.2) is 60.6 Å². The smallest absolute Gasteiger partial charge is 0.147 e. The average Bonchev–Trinajstić information content (AvgIpc) is 2.78. The molecule has 0 spiro atoms. The maximum atomic E-state index is 5.89. The zero-order chi connectivity index (χ0) is 22.2. The Morgan fingerprint density at radius 2 is 2.00 bits per heavy atom. The van der Waals surface area contributed by atoms with Crippen molar-refractivity contribution in [2.75, 3.05) is 38.6 Å². The van der Waals surface area contributed by atoms with Crippen LogP contribution in [0, 0.1) is 0 Å². The van der Waals surface area contributed by atoms with Gasteiger partial charge in [-0.3, -0.25) is 4.84 Å². The fourth-order valence-corrected chi connectivity index (χ4v) is 2.67. The van der Waals surface area contributed by atoms with Crippen molar-refractivity contribution in [3.63, 3.8) is 0 Å². The van der Waals surface area contributed by atoms with Gasteiger partial charge < -0.3 is 19.8 Å². The number of benzene rings is 1. The Hall–Kier alpha value is -2.15. The van der Waals surface area contributed by atoms with Crippen LogP contribution < -0.4 is 15.0 Å². The Labute approximate surface area is 187 Å². The van der Waals surface area contributed by atoms with Crippen molar-refractivity contribution in [1.29, 1.82) is 0 Å². The number of anilines is 1. The summed E-state index contributed by atoms with van der Waals surface area (Å²) in [6.45, 7) is 8.70. The first kappa shape index (κ1) is 25.9. The molecule has 30 heavy (non-hydrogen) atoms. The average molecular weight is 437 g/mol. The Kier molecular flexibility index (Phi) is 13.5. The van der Waals surface area contributed by atoms with Gasteiger partial charge in [-0.25, -0.2) is 0 Å². The van der Waals surface area contributed by atoms with Crippen LogP contribution in [-0.2, 0) is 4.74 Å². The lowest BCUT2D eigenvalue weighted by Gasteiger charge is -2.21. The normalized spacial score (nSPS) is 13.2. The van der Waals surface area contributed by atoms with E-state index in [0.717, 1.165) is 43.9 Å². The van der Waals surface area contributed by atoms with Gasteiger partial charge in [0.05, 0.1) is 6.10 Å². The topological polar surface area (TPSA) is 49.0 Å². The molecule has 0 aliphatic carbocycles. The van der Waals surface area contributed by atoms with Crippen molar-refractivity contribution in [2.24, 2.45) is 0 Å². The molecule has 1 unspecified atom stereocenters. The number of nitrogens with zero attached hydrogens (tertiary/aromatic N) is 2. The van der Waals surface area contributed by atoms with Gasteiger partial charge in [-0.15, -0.1) is 5.06 Å². The van der Waals surface area contributed by atoms with Gasteiger partial charge in [0.15, 0.2) is 0 Å². The van der Waals surface area contributed by atoms with E-state index in [0.29, 0.717) is 0 Å². The number of hydrogen-bond acceptors (Lipinski definition) is 6. The monoisotopic (exact) mass is 436 g/mol. The van der Waals surface area contributed by atoms with Gasteiger partial charge in [0, 0.05) is 57.0 Å². The highest BCUT2D eigenvalue weighted by molar-refractivity contribution is 6.23. The molecule has 168 valence electrons. The van der Waals surface area contributed by atoms with Gasteiger partial charge in [-0.1, -0.05) is 12.2 Å². The van der Waals surface area contributed by atoms with Gasteiger partial charge in [0.2, 0.25) is 0 Å². The second kappa shape index (κ2) is 15.7. The van der Waals surface area contributed by atoms with Gasteiger partial charge in [-0.05, 0) is 76.4 Å². The summed E-state index contributed by atoms with van der Waals surface area (Å²) in [5.74, 6) is 0.798. The fourth-order valence-electron chi connectivity index (χ4n) is 2.54. The maximum absolute atomic E-state index is 5.89. The van der Waals surface area contributed by atoms with Crippen molar-refractivity contribution in [3.8, 4) is 5.75 Å². The molecule has 1 atom stereocenters. The van der Waals surface area contributed by atoms with Crippen LogP contribution in [0.5, 0.6) is 5.75 Å². The molecule has 0 bridgehead atoms. The molecule has 0 amide bonds. The van der Waals surface area contributed by atoms with E-state index in [2.05, 4.69) is 47.3 Å². The number of hydroxylamine groups is 2. The maximum Gasteiger partial charge on any atom is 0.147 e. The number of halogens is 1. The number of allylic oxidation sites excluding steroid dienone is 2. The molecule has 0 aliphatic rings. The Morgan fingerprint density at radius 1 is 1.27 bits per heavy atom. The Morgan fingerprint density at radius 3 is 2.60 bits per heavy atom. The highest BCUT2D eigenvalue weighted by Gasteiger charge is 2.05. The lowest BCUT2D eigenvalue weighted by Crippen LogP contribution is -2.30. The predicted octanol–water partition coefficient (Wildman–Crippen LogP) is 5.14. The molecule has 1 aromatic rings. The molecule has 0 aromatic heterocycles. The molecule has 7 heteroatoms. The van der Waals surface area contributed by atoms with Crippen LogP contribution in [0.2, 0.25) is 0 Å². The minimum Gasteiger partial charge on any atom is -0.406 e. The van der Waals surface area contributed by atoms with E-state index < -0.39 is 0 Å². The first-order valence-electron chi connectivity index (χ1n) is 10.4. The van der Waals surface area contributed by atoms with Crippen LogP contribution >= 0.6 is 11.8 Å². The second-order valence-electron chi connectivity index (χ2n) is 6.83. The van der Waals surface area contributed by atoms with Gasteiger partial charge in [0.25, 0.3) is 0 Å². The van der Waals surface area contributed by atoms with Crippen LogP contribution in [0.4, 0.5) is 5.69 Å². The molecule has 2 N–H and O–H groups in total. The molecule has 6 nitrogen and oxygen atoms in total. The van der Waals surface area contributed by atoms with Crippen molar-refractivity contribution in [1.82, 2.24) is 15.3 Å². The number of methoxy groups -OCH3 is 1. The summed E-state index contributed by atoms with van der Waals surface area (Å²) in [5.41, 5.74) is 2.06. The van der Waals surface area contributed by atoms with Crippen LogP contribution in [0.25, 0.3) is 0 Å². The minimum absolute atomic E-state index is 0.0500. The van der Waals surface area contributed by atoms with Gasteiger partial charge in [0.1, 0.15) is 5.75 Å². The summed E-state index contributed by atoms with van der Waals surface area (Å²) in [7, 11) is 3.77. The Balaban J connectivity index is 2.29. The second-order valence-corrected chi connectivity index (χ2v) is 7.02. The van der Waals surface area contributed by atoms with E-state index in [4.69, 9.17) is 21.4 Å². The third-order valence-corrected chi connectivity index (χ3v) is 4.90. The zero-order valence-corrected chi connectivity index (χ0v) is 19.7. The van der Waals surface area contributed by atoms with E-state index in [1.165, 1.54) is 5.70 Å². The molecule has 0 fully saturated rings. The number of nitrogens with one attached hydrogen (secondary N) is 2. The summed E-state index contributed by atoms with van der Waals surface area (Å²) in [5, 5.41) is 5.27. The van der Waals surface area contributed by atoms with Crippen molar-refractivity contribution < 1.29 is 9.57 Å². The van der Waals surface area contributed by atoms with Crippen molar-refractivity contribution in [3.05, 3.63) is 60.6 Å². The first-order valence-corrected chi connectivity index (χ1v) is 10.8. The standard InChI is InChI=1S/C23H37ClN4O2/c1-6-20(3)27(4)18-8-10-22(29-5)15-17-25-16-9-19-28(7-2)30-23-13-11-21(26-24)12-14-23/h6,8,11-15,17-18,22,25-26H,7,9-10,16,19H2,1-5H3/b17-15+,18-8+,20-6-. The first-order chi connectivity index (χ1) is 14.5. The van der Waals surface area contributed by atoms with Gasteiger partial charge in [-0.2, -0.15) is 0 Å². The highest BCUT2D eigenvalue weighted by atomic mass is 35.5. The SMILES string of the molecule is C/C=C(/C)N(C)/C=C/CC(/C=C/NCCCN(CC)Oc1ccc(NCl)cc1)OC. The fraction of sp³-hybridized carbons (Fsp3) is 0.478. The quantitative estimate of drug-likeness (QED) is 0.225. The van der Waals surface area contributed by atoms with Crippen LogP contribution in [0.3, 0.4) is 0 Å². The summed E-state index contributed by atoms with van der Waals surface area (Å²) in [4.78, 5) is 10.6. The van der Waals surface area contributed by atoms with E-state index in [1.807, 2.05) is 55.6 Å². The molecule has 0 saturated heterocycles. The molecule has 0 radical (unpaired) electrons. The molecular formula is C23H37ClN4O2. The van der Waals surface area contributed by atoms with Crippen LogP contribution in [-0.4, -0.2) is 49.9 Å². The molecular weight excluding hydrogens is 400 g/mol. The van der Waals surface area contributed by atoms with Crippen molar-refractivity contribution in [2.45, 2.75) is 39.7 Å².